The highest BCUT2D eigenvalue weighted by molar-refractivity contribution is 5.79. The first-order chi connectivity index (χ1) is 15.0. The Hall–Kier alpha value is -1.80. The van der Waals surface area contributed by atoms with Gasteiger partial charge >= 0.3 is 54.3 Å². The van der Waals surface area contributed by atoms with E-state index in [9.17, 15) is 79.4 Å². The van der Waals surface area contributed by atoms with Gasteiger partial charge in [0.1, 0.15) is 0 Å². The molecule has 0 heterocycles. The molecule has 4 nitrogen and oxygen atoms in total. The van der Waals surface area contributed by atoms with Crippen LogP contribution >= 0.6 is 0 Å². The molecule has 21 heteroatoms. The van der Waals surface area contributed by atoms with Crippen LogP contribution in [-0.2, 0) is 19.0 Å². The Morgan fingerprint density at radius 2 is 1.09 bits per heavy atom. The Bertz CT molecular complexity index is 743. The molecule has 3 unspecified atom stereocenters. The topological polar surface area (TPSA) is 44.8 Å². The summed E-state index contributed by atoms with van der Waals surface area (Å²) in [7, 11) is 0. The van der Waals surface area contributed by atoms with E-state index in [2.05, 4.69) is 4.74 Å². The number of alkyl halides is 17. The maximum atomic E-state index is 14.2. The highest BCUT2D eigenvalue weighted by atomic mass is 19.4. The minimum absolute atomic E-state index is 0.0469. The average Bonchev–Trinajstić information content (AvgIpc) is 2.57. The van der Waals surface area contributed by atoms with Crippen LogP contribution < -0.4 is 0 Å². The maximum absolute atomic E-state index is 14.2. The molecule has 0 aliphatic carbocycles. The van der Waals surface area contributed by atoms with Crippen molar-refractivity contribution in [1.29, 1.82) is 0 Å². The largest absolute Gasteiger partial charge is 0.462 e. The van der Waals surface area contributed by atoms with E-state index < -0.39 is 66.9 Å². The first kappa shape index (κ1) is 33.2. The second-order valence-corrected chi connectivity index (χ2v) is 6.50. The zero-order chi connectivity index (χ0) is 28.7. The number of carbonyl (C=O) groups excluding carboxylic acids is 1. The van der Waals surface area contributed by atoms with Crippen LogP contribution in [0.25, 0.3) is 0 Å². The molecule has 0 spiro atoms. The third kappa shape index (κ3) is 6.31. The van der Waals surface area contributed by atoms with Gasteiger partial charge in [-0.2, -0.15) is 74.6 Å². The van der Waals surface area contributed by atoms with Gasteiger partial charge in [-0.25, -0.2) is 4.79 Å². The van der Waals surface area contributed by atoms with Crippen molar-refractivity contribution in [3.05, 3.63) is 0 Å². The molecule has 0 radical (unpaired) electrons. The second-order valence-electron chi connectivity index (χ2n) is 6.50. The summed E-state index contributed by atoms with van der Waals surface area (Å²) in [5.74, 6) is -26.4. The Kier molecular flexibility index (Phi) is 9.09. The quantitative estimate of drug-likeness (QED) is 0.221. The zero-order valence-electron chi connectivity index (χ0n) is 16.5. The van der Waals surface area contributed by atoms with Crippen LogP contribution in [0.5, 0.6) is 0 Å². The van der Waals surface area contributed by atoms with E-state index in [1.54, 1.807) is 0 Å². The van der Waals surface area contributed by atoms with E-state index in [4.69, 9.17) is 0 Å². The van der Waals surface area contributed by atoms with Crippen LogP contribution in [0.1, 0.15) is 26.7 Å². The van der Waals surface area contributed by atoms with Crippen LogP contribution in [0.15, 0.2) is 0 Å². The van der Waals surface area contributed by atoms with Crippen molar-refractivity contribution in [2.45, 2.75) is 81.2 Å². The van der Waals surface area contributed by atoms with Crippen LogP contribution in [0, 0.1) is 0 Å². The Balaban J connectivity index is 6.69. The van der Waals surface area contributed by atoms with E-state index in [-0.39, 0.29) is 6.42 Å². The van der Waals surface area contributed by atoms with Gasteiger partial charge in [-0.3, -0.25) is 9.47 Å². The molecule has 0 aromatic rings. The van der Waals surface area contributed by atoms with Gasteiger partial charge in [-0.1, -0.05) is 13.3 Å². The number of carbonyl (C=O) groups is 1. The van der Waals surface area contributed by atoms with Gasteiger partial charge in [0.2, 0.25) is 0 Å². The van der Waals surface area contributed by atoms with Gasteiger partial charge in [0.25, 0.3) is 0 Å². The average molecular weight is 566 g/mol. The summed E-state index contributed by atoms with van der Waals surface area (Å²) in [5, 5.41) is 0. The third-order valence-corrected chi connectivity index (χ3v) is 3.63. The number of rotatable bonds is 10. The molecule has 0 aromatic heterocycles. The van der Waals surface area contributed by atoms with Crippen molar-refractivity contribution in [2.75, 3.05) is 0 Å². The standard InChI is InChI=1S/C14H11F17O4/c1-3-4-5(2)33-6(32)7(15,10(19,20)21)34-14(30,31)9(18,12(25,26)27)35-13(28,29)8(16,17)11(22,23)24/h5H,3-4H2,1-2H3. The fraction of sp³-hybridized carbons (Fsp3) is 0.929. The van der Waals surface area contributed by atoms with E-state index in [1.165, 1.54) is 11.7 Å². The van der Waals surface area contributed by atoms with Crippen molar-refractivity contribution in [3.8, 4) is 0 Å². The maximum Gasteiger partial charge on any atom is 0.462 e. The van der Waals surface area contributed by atoms with Crippen LogP contribution in [0.2, 0.25) is 0 Å². The first-order valence-corrected chi connectivity index (χ1v) is 8.37. The highest BCUT2D eigenvalue weighted by Gasteiger charge is 2.85. The van der Waals surface area contributed by atoms with Crippen molar-refractivity contribution in [3.63, 3.8) is 0 Å². The molecule has 35 heavy (non-hydrogen) atoms. The van der Waals surface area contributed by atoms with Gasteiger partial charge in [-0.15, -0.1) is 0 Å². The number of halogens is 17. The first-order valence-electron chi connectivity index (χ1n) is 8.37. The zero-order valence-corrected chi connectivity index (χ0v) is 16.5. The summed E-state index contributed by atoms with van der Waals surface area (Å²) in [5.41, 5.74) is 0. The normalized spacial score (nSPS) is 19.1. The molecular formula is C14H11F17O4. The fourth-order valence-corrected chi connectivity index (χ4v) is 1.87. The Labute approximate surface area is 182 Å². The number of hydrogen-bond donors (Lipinski definition) is 0. The molecule has 3 atom stereocenters. The molecule has 0 N–H and O–H groups in total. The van der Waals surface area contributed by atoms with Gasteiger partial charge in [0, 0.05) is 0 Å². The number of esters is 1. The van der Waals surface area contributed by atoms with Crippen molar-refractivity contribution in [2.24, 2.45) is 0 Å². The number of hydrogen-bond acceptors (Lipinski definition) is 4. The van der Waals surface area contributed by atoms with Crippen molar-refractivity contribution < 1.29 is 93.6 Å². The predicted molar refractivity (Wildman–Crippen MR) is 73.3 cm³/mol. The smallest absolute Gasteiger partial charge is 0.458 e. The number of ether oxygens (including phenoxy) is 3. The van der Waals surface area contributed by atoms with Gasteiger partial charge in [0.05, 0.1) is 6.10 Å². The van der Waals surface area contributed by atoms with Crippen LogP contribution in [0.4, 0.5) is 74.6 Å². The minimum Gasteiger partial charge on any atom is -0.458 e. The molecule has 210 valence electrons. The van der Waals surface area contributed by atoms with Gasteiger partial charge < -0.3 is 4.74 Å². The summed E-state index contributed by atoms with van der Waals surface area (Å²) in [4.78, 5) is 11.4. The van der Waals surface area contributed by atoms with Gasteiger partial charge in [-0.05, 0) is 13.3 Å². The summed E-state index contributed by atoms with van der Waals surface area (Å²) >= 11 is 0. The monoisotopic (exact) mass is 566 g/mol. The molecule has 0 rings (SSSR count). The summed E-state index contributed by atoms with van der Waals surface area (Å²) in [6.45, 7) is 1.96. The van der Waals surface area contributed by atoms with Crippen molar-refractivity contribution >= 4 is 5.97 Å². The summed E-state index contributed by atoms with van der Waals surface area (Å²) in [6.07, 6.45) is -40.8. The van der Waals surface area contributed by atoms with Gasteiger partial charge in [0.15, 0.2) is 0 Å². The second kappa shape index (κ2) is 9.58. The van der Waals surface area contributed by atoms with Crippen LogP contribution in [-0.4, -0.2) is 60.5 Å². The van der Waals surface area contributed by atoms with E-state index >= 15 is 0 Å². The minimum atomic E-state index is -8.05. The molecule has 0 saturated heterocycles. The third-order valence-electron chi connectivity index (χ3n) is 3.63. The molecular weight excluding hydrogens is 555 g/mol. The SMILES string of the molecule is CCCC(C)OC(=O)C(F)(OC(F)(F)C(F)(OC(F)(F)C(F)(F)C(F)(F)F)C(F)(F)F)C(F)(F)F. The molecule has 0 bridgehead atoms. The molecule has 0 aromatic carbocycles. The lowest BCUT2D eigenvalue weighted by atomic mass is 10.2. The summed E-state index contributed by atoms with van der Waals surface area (Å²) < 4.78 is 227. The Morgan fingerprint density at radius 1 is 0.657 bits per heavy atom. The van der Waals surface area contributed by atoms with Crippen molar-refractivity contribution in [1.82, 2.24) is 0 Å². The molecule has 0 aliphatic rings. The molecule has 0 fully saturated rings. The highest BCUT2D eigenvalue weighted by Crippen LogP contribution is 2.56. The lowest BCUT2D eigenvalue weighted by Crippen LogP contribution is -2.68. The molecule has 0 amide bonds. The van der Waals surface area contributed by atoms with E-state index in [0.717, 1.165) is 0 Å². The Morgan fingerprint density at radius 3 is 1.40 bits per heavy atom. The lowest BCUT2D eigenvalue weighted by molar-refractivity contribution is -0.548. The predicted octanol–water partition coefficient (Wildman–Crippen LogP) is 6.59. The lowest BCUT2D eigenvalue weighted by Gasteiger charge is -2.40. The van der Waals surface area contributed by atoms with E-state index in [1.807, 2.05) is 4.74 Å². The molecule has 0 saturated carbocycles. The van der Waals surface area contributed by atoms with Crippen LogP contribution in [0.3, 0.4) is 0 Å². The fourth-order valence-electron chi connectivity index (χ4n) is 1.87. The van der Waals surface area contributed by atoms with E-state index in [0.29, 0.717) is 6.92 Å². The molecule has 0 aliphatic heterocycles. The summed E-state index contributed by atoms with van der Waals surface area (Å²) in [6, 6.07) is 0.